The number of carbonyl (C=O) groups is 1. The van der Waals surface area contributed by atoms with Crippen LogP contribution in [-0.2, 0) is 0 Å². The molecule has 0 aliphatic carbocycles. The van der Waals surface area contributed by atoms with Gasteiger partial charge in [-0.15, -0.1) is 0 Å². The van der Waals surface area contributed by atoms with E-state index in [1.807, 2.05) is 0 Å². The van der Waals surface area contributed by atoms with E-state index < -0.39 is 18.4 Å². The zero-order chi connectivity index (χ0) is 11.5. The predicted molar refractivity (Wildman–Crippen MR) is 57.1 cm³/mol. The Hall–Kier alpha value is -0.970. The number of benzene rings is 1. The fraction of sp³-hybridized carbons (Fsp3) is 0.300. The number of amides is 1. The van der Waals surface area contributed by atoms with E-state index in [1.165, 1.54) is 0 Å². The molecule has 1 aromatic rings. The normalized spacial score (nSPS) is 11.2. The fourth-order valence-electron chi connectivity index (χ4n) is 0.939. The van der Waals surface area contributed by atoms with Crippen LogP contribution < -0.4 is 5.32 Å². The average molecular weight is 278 g/mol. The molecule has 0 radical (unpaired) electrons. The molecular formula is C10H10BrF2NO. The number of halogens is 3. The van der Waals surface area contributed by atoms with Gasteiger partial charge in [0.05, 0.1) is 6.54 Å². The van der Waals surface area contributed by atoms with Crippen LogP contribution in [-0.4, -0.2) is 18.4 Å². The maximum Gasteiger partial charge on any atom is 0.262 e. The van der Waals surface area contributed by atoms with Crippen LogP contribution in [0, 0.1) is 0 Å². The van der Waals surface area contributed by atoms with Gasteiger partial charge in [0.15, 0.2) is 0 Å². The first-order valence-electron chi connectivity index (χ1n) is 4.30. The first-order valence-corrected chi connectivity index (χ1v) is 5.09. The number of carbonyl (C=O) groups excluding carboxylic acids is 1. The molecule has 0 saturated heterocycles. The van der Waals surface area contributed by atoms with Gasteiger partial charge in [0.2, 0.25) is 0 Å². The Balaban J connectivity index is 2.58. The van der Waals surface area contributed by atoms with Crippen molar-refractivity contribution in [3.05, 3.63) is 34.3 Å². The molecule has 5 heteroatoms. The molecule has 1 N–H and O–H groups in total. The molecule has 1 amide bonds. The van der Waals surface area contributed by atoms with Gasteiger partial charge in [0, 0.05) is 17.0 Å². The molecule has 1 rings (SSSR count). The van der Waals surface area contributed by atoms with E-state index in [4.69, 9.17) is 0 Å². The first kappa shape index (κ1) is 12.1. The second kappa shape index (κ2) is 4.70. The van der Waals surface area contributed by atoms with Gasteiger partial charge in [-0.1, -0.05) is 15.9 Å². The minimum absolute atomic E-state index is 0.363. The van der Waals surface area contributed by atoms with E-state index >= 15 is 0 Å². The third-order valence-corrected chi connectivity index (χ3v) is 2.19. The van der Waals surface area contributed by atoms with Gasteiger partial charge in [0.25, 0.3) is 11.8 Å². The van der Waals surface area contributed by atoms with E-state index in [0.29, 0.717) is 5.56 Å². The summed E-state index contributed by atoms with van der Waals surface area (Å²) in [6, 6.07) is 6.48. The number of nitrogens with one attached hydrogen (secondary N) is 1. The molecule has 0 bridgehead atoms. The highest BCUT2D eigenvalue weighted by molar-refractivity contribution is 9.10. The zero-order valence-corrected chi connectivity index (χ0v) is 9.64. The van der Waals surface area contributed by atoms with Crippen molar-refractivity contribution in [1.82, 2.24) is 5.32 Å². The molecule has 0 saturated carbocycles. The number of hydrogen-bond donors (Lipinski definition) is 1. The smallest absolute Gasteiger partial charge is 0.262 e. The van der Waals surface area contributed by atoms with Crippen molar-refractivity contribution in [2.24, 2.45) is 0 Å². The molecule has 0 heterocycles. The van der Waals surface area contributed by atoms with Crippen LogP contribution >= 0.6 is 15.9 Å². The molecule has 0 fully saturated rings. The van der Waals surface area contributed by atoms with Crippen LogP contribution in [0.25, 0.3) is 0 Å². The van der Waals surface area contributed by atoms with Crippen molar-refractivity contribution in [2.75, 3.05) is 6.54 Å². The summed E-state index contributed by atoms with van der Waals surface area (Å²) in [5.41, 5.74) is 0.363. The van der Waals surface area contributed by atoms with Crippen LogP contribution in [0.15, 0.2) is 28.7 Å². The largest absolute Gasteiger partial charge is 0.346 e. The average Bonchev–Trinajstić information content (AvgIpc) is 2.14. The van der Waals surface area contributed by atoms with Crippen LogP contribution in [0.4, 0.5) is 8.78 Å². The van der Waals surface area contributed by atoms with Crippen molar-refractivity contribution in [3.8, 4) is 0 Å². The Morgan fingerprint density at radius 3 is 2.40 bits per heavy atom. The molecule has 2 nitrogen and oxygen atoms in total. The number of hydrogen-bond acceptors (Lipinski definition) is 1. The second-order valence-electron chi connectivity index (χ2n) is 3.26. The van der Waals surface area contributed by atoms with E-state index in [2.05, 4.69) is 21.2 Å². The molecule has 0 aliphatic rings. The van der Waals surface area contributed by atoms with Crippen molar-refractivity contribution < 1.29 is 13.6 Å². The van der Waals surface area contributed by atoms with Crippen molar-refractivity contribution in [3.63, 3.8) is 0 Å². The Morgan fingerprint density at radius 2 is 1.93 bits per heavy atom. The third-order valence-electron chi connectivity index (χ3n) is 1.67. The molecule has 15 heavy (non-hydrogen) atoms. The molecule has 0 unspecified atom stereocenters. The summed E-state index contributed by atoms with van der Waals surface area (Å²) in [5, 5.41) is 2.15. The van der Waals surface area contributed by atoms with Crippen molar-refractivity contribution >= 4 is 21.8 Å². The summed E-state index contributed by atoms with van der Waals surface area (Å²) in [5.74, 6) is -3.38. The van der Waals surface area contributed by atoms with Crippen molar-refractivity contribution in [1.29, 1.82) is 0 Å². The van der Waals surface area contributed by atoms with E-state index in [-0.39, 0.29) is 0 Å². The monoisotopic (exact) mass is 277 g/mol. The summed E-state index contributed by atoms with van der Waals surface area (Å²) in [6.07, 6.45) is 0. The van der Waals surface area contributed by atoms with Crippen LogP contribution in [0.2, 0.25) is 0 Å². The van der Waals surface area contributed by atoms with Gasteiger partial charge >= 0.3 is 0 Å². The topological polar surface area (TPSA) is 29.1 Å². The third kappa shape index (κ3) is 4.38. The molecular weight excluding hydrogens is 268 g/mol. The lowest BCUT2D eigenvalue weighted by molar-refractivity contribution is 0.0221. The van der Waals surface area contributed by atoms with Gasteiger partial charge in [-0.25, -0.2) is 8.78 Å². The standard InChI is InChI=1S/C10H10BrF2NO/c1-10(12,13)6-14-9(15)7-2-4-8(11)5-3-7/h2-5H,6H2,1H3,(H,14,15). The SMILES string of the molecule is CC(F)(F)CNC(=O)c1ccc(Br)cc1. The summed E-state index contributed by atoms with van der Waals surface area (Å²) < 4.78 is 25.7. The Bertz CT molecular complexity index is 345. The highest BCUT2D eigenvalue weighted by Crippen LogP contribution is 2.12. The molecule has 82 valence electrons. The number of alkyl halides is 2. The lowest BCUT2D eigenvalue weighted by Gasteiger charge is -2.11. The maximum absolute atomic E-state index is 12.4. The van der Waals surface area contributed by atoms with Crippen molar-refractivity contribution in [2.45, 2.75) is 12.8 Å². The highest BCUT2D eigenvalue weighted by Gasteiger charge is 2.21. The van der Waals surface area contributed by atoms with Gasteiger partial charge in [0.1, 0.15) is 0 Å². The van der Waals surface area contributed by atoms with Crippen LogP contribution in [0.1, 0.15) is 17.3 Å². The van der Waals surface area contributed by atoms with Crippen LogP contribution in [0.5, 0.6) is 0 Å². The van der Waals surface area contributed by atoms with Gasteiger partial charge in [-0.2, -0.15) is 0 Å². The fourth-order valence-corrected chi connectivity index (χ4v) is 1.20. The number of rotatable bonds is 3. The minimum atomic E-state index is -2.88. The lowest BCUT2D eigenvalue weighted by Crippen LogP contribution is -2.34. The second-order valence-corrected chi connectivity index (χ2v) is 4.18. The quantitative estimate of drug-likeness (QED) is 0.905. The van der Waals surface area contributed by atoms with Gasteiger partial charge in [-0.05, 0) is 24.3 Å². The first-order chi connectivity index (χ1) is 6.88. The summed E-state index contributed by atoms with van der Waals surface area (Å²) in [4.78, 5) is 11.3. The molecule has 0 aliphatic heterocycles. The van der Waals surface area contributed by atoms with E-state index in [0.717, 1.165) is 11.4 Å². The van der Waals surface area contributed by atoms with Gasteiger partial charge < -0.3 is 5.32 Å². The molecule has 0 spiro atoms. The van der Waals surface area contributed by atoms with Crippen LogP contribution in [0.3, 0.4) is 0 Å². The molecule has 0 atom stereocenters. The van der Waals surface area contributed by atoms with Gasteiger partial charge in [-0.3, -0.25) is 4.79 Å². The zero-order valence-electron chi connectivity index (χ0n) is 8.06. The van der Waals surface area contributed by atoms with E-state index in [9.17, 15) is 13.6 Å². The Labute approximate surface area is 94.8 Å². The molecule has 0 aromatic heterocycles. The Kier molecular flexibility index (Phi) is 3.79. The Morgan fingerprint density at radius 1 is 1.40 bits per heavy atom. The maximum atomic E-state index is 12.4. The molecule has 1 aromatic carbocycles. The highest BCUT2D eigenvalue weighted by atomic mass is 79.9. The lowest BCUT2D eigenvalue weighted by atomic mass is 10.2. The van der Waals surface area contributed by atoms with E-state index in [1.54, 1.807) is 24.3 Å². The summed E-state index contributed by atoms with van der Waals surface area (Å²) >= 11 is 3.21. The minimum Gasteiger partial charge on any atom is -0.346 e. The predicted octanol–water partition coefficient (Wildman–Crippen LogP) is 2.83. The summed E-state index contributed by atoms with van der Waals surface area (Å²) in [7, 11) is 0. The summed E-state index contributed by atoms with van der Waals surface area (Å²) in [6.45, 7) is 0.108.